The van der Waals surface area contributed by atoms with Crippen molar-refractivity contribution in [2.45, 2.75) is 6.92 Å². The number of H-pyrrole nitrogens is 1. The van der Waals surface area contributed by atoms with Crippen molar-refractivity contribution in [1.82, 2.24) is 0 Å². The predicted molar refractivity (Wildman–Crippen MR) is 81.6 cm³/mol. The van der Waals surface area contributed by atoms with Gasteiger partial charge in [-0.2, -0.15) is 0 Å². The van der Waals surface area contributed by atoms with E-state index in [4.69, 9.17) is 11.6 Å². The van der Waals surface area contributed by atoms with Gasteiger partial charge in [0.1, 0.15) is 10.8 Å². The van der Waals surface area contributed by atoms with E-state index in [1.54, 1.807) is 12.1 Å². The Morgan fingerprint density at radius 3 is 2.57 bits per heavy atom. The van der Waals surface area contributed by atoms with E-state index in [0.717, 1.165) is 22.3 Å². The van der Waals surface area contributed by atoms with Crippen LogP contribution in [-0.4, -0.2) is 5.11 Å². The summed E-state index contributed by atoms with van der Waals surface area (Å²) >= 11 is 6.23. The van der Waals surface area contributed by atoms with E-state index in [0.29, 0.717) is 10.7 Å². The minimum absolute atomic E-state index is 0. The average molecular weight is 321 g/mol. The highest BCUT2D eigenvalue weighted by molar-refractivity contribution is 6.35. The second-order valence-electron chi connectivity index (χ2n) is 4.67. The number of halogens is 2. The Kier molecular flexibility index (Phi) is 4.56. The van der Waals surface area contributed by atoms with Gasteiger partial charge >= 0.3 is 0 Å². The number of phenols is 1. The summed E-state index contributed by atoms with van der Waals surface area (Å²) in [4.78, 5) is 3.26. The molecule has 0 saturated carbocycles. The van der Waals surface area contributed by atoms with E-state index in [1.165, 1.54) is 0 Å². The standard InChI is InChI=1S/C16H13ClN2O.ClH/c1-10-9-14(19-13-7-2-3-8-15(13)20)11-5-4-6-12(17)16(11)18-10;/h2-9,20H,1H3,(H,18,19);1H. The third kappa shape index (κ3) is 3.04. The Hall–Kier alpha value is -1.97. The Balaban J connectivity index is 0.00000161. The van der Waals surface area contributed by atoms with Gasteiger partial charge in [0.25, 0.3) is 0 Å². The molecule has 1 heterocycles. The molecular formula is C16H14Cl2N2O. The molecule has 3 aromatic rings. The van der Waals surface area contributed by atoms with Crippen LogP contribution in [0.2, 0.25) is 5.02 Å². The molecular weight excluding hydrogens is 307 g/mol. The number of phenolic OH excluding ortho intramolecular Hbond substituents is 1. The first-order chi connectivity index (χ1) is 9.65. The molecule has 5 heteroatoms. The van der Waals surface area contributed by atoms with Crippen LogP contribution in [0.25, 0.3) is 10.9 Å². The van der Waals surface area contributed by atoms with Crippen molar-refractivity contribution in [2.24, 2.45) is 0 Å². The number of anilines is 2. The zero-order valence-electron chi connectivity index (χ0n) is 11.3. The minimum Gasteiger partial charge on any atom is -1.00 e. The van der Waals surface area contributed by atoms with E-state index >= 15 is 0 Å². The van der Waals surface area contributed by atoms with Crippen LogP contribution in [0.1, 0.15) is 5.69 Å². The van der Waals surface area contributed by atoms with Gasteiger partial charge in [0, 0.05) is 13.0 Å². The Labute approximate surface area is 134 Å². The fourth-order valence-corrected chi connectivity index (χ4v) is 2.45. The van der Waals surface area contributed by atoms with Crippen molar-refractivity contribution in [2.75, 3.05) is 5.32 Å². The molecule has 0 aliphatic carbocycles. The van der Waals surface area contributed by atoms with E-state index in [1.807, 2.05) is 43.3 Å². The van der Waals surface area contributed by atoms with Gasteiger partial charge in [0.2, 0.25) is 5.52 Å². The number of nitrogens with one attached hydrogen (secondary N) is 2. The third-order valence-electron chi connectivity index (χ3n) is 3.16. The van der Waals surface area contributed by atoms with Crippen LogP contribution in [0, 0.1) is 6.92 Å². The Morgan fingerprint density at radius 2 is 1.81 bits per heavy atom. The van der Waals surface area contributed by atoms with Crippen LogP contribution < -0.4 is 22.7 Å². The lowest BCUT2D eigenvalue weighted by Gasteiger charge is -2.10. The highest BCUT2D eigenvalue weighted by Crippen LogP contribution is 2.31. The molecule has 0 radical (unpaired) electrons. The second kappa shape index (κ2) is 6.20. The molecule has 0 saturated heterocycles. The maximum Gasteiger partial charge on any atom is 0.231 e. The van der Waals surface area contributed by atoms with Crippen molar-refractivity contribution >= 4 is 33.9 Å². The number of benzene rings is 2. The normalized spacial score (nSPS) is 10.2. The van der Waals surface area contributed by atoms with Gasteiger partial charge in [-0.15, -0.1) is 0 Å². The molecule has 108 valence electrons. The van der Waals surface area contributed by atoms with Crippen molar-refractivity contribution in [3.8, 4) is 5.75 Å². The molecule has 0 bridgehead atoms. The summed E-state index contributed by atoms with van der Waals surface area (Å²) < 4.78 is 0. The van der Waals surface area contributed by atoms with Crippen molar-refractivity contribution in [3.63, 3.8) is 0 Å². The monoisotopic (exact) mass is 320 g/mol. The SMILES string of the molecule is Cc1cc(Nc2ccccc2O)c2cccc(Cl)c2[nH+]1.[Cl-]. The number of aromatic nitrogens is 1. The molecule has 0 amide bonds. The highest BCUT2D eigenvalue weighted by Gasteiger charge is 2.13. The molecule has 0 atom stereocenters. The number of hydrogen-bond donors (Lipinski definition) is 2. The van der Waals surface area contributed by atoms with Crippen molar-refractivity contribution in [3.05, 3.63) is 59.2 Å². The topological polar surface area (TPSA) is 46.4 Å². The van der Waals surface area contributed by atoms with Gasteiger partial charge < -0.3 is 22.8 Å². The lowest BCUT2D eigenvalue weighted by Crippen LogP contribution is -3.00. The first kappa shape index (κ1) is 15.4. The number of para-hydroxylation sites is 3. The molecule has 0 fully saturated rings. The molecule has 0 aliphatic heterocycles. The van der Waals surface area contributed by atoms with Crippen LogP contribution in [0.4, 0.5) is 11.4 Å². The molecule has 3 rings (SSSR count). The number of pyridine rings is 1. The molecule has 21 heavy (non-hydrogen) atoms. The maximum absolute atomic E-state index is 9.87. The highest BCUT2D eigenvalue weighted by atomic mass is 35.5. The third-order valence-corrected chi connectivity index (χ3v) is 3.48. The van der Waals surface area contributed by atoms with Crippen LogP contribution >= 0.6 is 11.6 Å². The predicted octanol–water partition coefficient (Wildman–Crippen LogP) is 1.07. The summed E-state index contributed by atoms with van der Waals surface area (Å²) in [6.45, 7) is 1.97. The minimum atomic E-state index is 0. The van der Waals surface area contributed by atoms with Gasteiger partial charge in [0.15, 0.2) is 5.69 Å². The largest absolute Gasteiger partial charge is 1.00 e. The number of fused-ring (bicyclic) bond motifs is 1. The van der Waals surface area contributed by atoms with E-state index in [2.05, 4.69) is 10.3 Å². The summed E-state index contributed by atoms with van der Waals surface area (Å²) in [6.07, 6.45) is 0. The number of aromatic amines is 1. The van der Waals surface area contributed by atoms with Crippen LogP contribution in [0.5, 0.6) is 5.75 Å². The Bertz CT molecular complexity index is 790. The molecule has 3 nitrogen and oxygen atoms in total. The van der Waals surface area contributed by atoms with Gasteiger partial charge in [-0.3, -0.25) is 0 Å². The lowest BCUT2D eigenvalue weighted by molar-refractivity contribution is -0.354. The van der Waals surface area contributed by atoms with E-state index in [-0.39, 0.29) is 18.2 Å². The summed E-state index contributed by atoms with van der Waals surface area (Å²) in [7, 11) is 0. The second-order valence-corrected chi connectivity index (χ2v) is 5.08. The molecule has 0 unspecified atom stereocenters. The molecule has 3 N–H and O–H groups in total. The number of aromatic hydroxyl groups is 1. The first-order valence-electron chi connectivity index (χ1n) is 6.31. The van der Waals surface area contributed by atoms with Gasteiger partial charge in [-0.25, -0.2) is 4.98 Å². The van der Waals surface area contributed by atoms with Crippen molar-refractivity contribution < 1.29 is 22.5 Å². The fourth-order valence-electron chi connectivity index (χ4n) is 2.23. The van der Waals surface area contributed by atoms with Gasteiger partial charge in [-0.1, -0.05) is 29.8 Å². The first-order valence-corrected chi connectivity index (χ1v) is 6.69. The summed E-state index contributed by atoms with van der Waals surface area (Å²) in [5.74, 6) is 0.216. The van der Waals surface area contributed by atoms with E-state index < -0.39 is 0 Å². The van der Waals surface area contributed by atoms with Crippen LogP contribution in [0.15, 0.2) is 48.5 Å². The maximum atomic E-state index is 9.87. The molecule has 2 aromatic carbocycles. The smallest absolute Gasteiger partial charge is 0.231 e. The summed E-state index contributed by atoms with van der Waals surface area (Å²) in [6, 6.07) is 14.9. The Morgan fingerprint density at radius 1 is 1.05 bits per heavy atom. The fraction of sp³-hybridized carbons (Fsp3) is 0.0625. The van der Waals surface area contributed by atoms with Crippen molar-refractivity contribution in [1.29, 1.82) is 0 Å². The number of rotatable bonds is 2. The van der Waals surface area contributed by atoms with Gasteiger partial charge in [-0.05, 0) is 24.3 Å². The zero-order chi connectivity index (χ0) is 14.1. The number of aryl methyl sites for hydroxylation is 1. The van der Waals surface area contributed by atoms with Gasteiger partial charge in [0.05, 0.1) is 16.8 Å². The van der Waals surface area contributed by atoms with Crippen LogP contribution in [0.3, 0.4) is 0 Å². The quantitative estimate of drug-likeness (QED) is 0.694. The molecule has 0 spiro atoms. The van der Waals surface area contributed by atoms with E-state index in [9.17, 15) is 5.11 Å². The molecule has 1 aromatic heterocycles. The average Bonchev–Trinajstić information content (AvgIpc) is 2.42. The summed E-state index contributed by atoms with van der Waals surface area (Å²) in [5, 5.41) is 14.8. The zero-order valence-corrected chi connectivity index (χ0v) is 12.8. The summed E-state index contributed by atoms with van der Waals surface area (Å²) in [5.41, 5.74) is 3.44. The number of hydrogen-bond acceptors (Lipinski definition) is 2. The lowest BCUT2D eigenvalue weighted by atomic mass is 10.1. The molecule has 0 aliphatic rings. The van der Waals surface area contributed by atoms with Crippen LogP contribution in [-0.2, 0) is 0 Å².